The van der Waals surface area contributed by atoms with Crippen LogP contribution in [0.4, 0.5) is 0 Å². The van der Waals surface area contributed by atoms with Gasteiger partial charge in [0, 0.05) is 5.69 Å². The van der Waals surface area contributed by atoms with Crippen LogP contribution >= 0.6 is 0 Å². The molecule has 8 nitrogen and oxygen atoms in total. The number of benzene rings is 3. The number of carbonyl (C=O) groups excluding carboxylic acids is 2. The molecule has 0 saturated heterocycles. The second-order valence-corrected chi connectivity index (χ2v) is 6.96. The van der Waals surface area contributed by atoms with Gasteiger partial charge >= 0.3 is 5.97 Å². The molecular weight excluding hydrogens is 408 g/mol. The lowest BCUT2D eigenvalue weighted by Crippen LogP contribution is -2.18. The van der Waals surface area contributed by atoms with E-state index >= 15 is 0 Å². The van der Waals surface area contributed by atoms with Crippen LogP contribution in [0.1, 0.15) is 32.1 Å². The first-order valence-corrected chi connectivity index (χ1v) is 9.78. The lowest BCUT2D eigenvalue weighted by molar-refractivity contribution is 0.0731. The number of hydrogen-bond donors (Lipinski definition) is 2. The van der Waals surface area contributed by atoms with Gasteiger partial charge in [0.2, 0.25) is 0 Å². The number of esters is 1. The van der Waals surface area contributed by atoms with Crippen LogP contribution in [0.2, 0.25) is 0 Å². The van der Waals surface area contributed by atoms with E-state index in [-0.39, 0.29) is 11.4 Å². The van der Waals surface area contributed by atoms with Crippen LogP contribution in [0, 0.1) is 6.92 Å². The Morgan fingerprint density at radius 1 is 1.03 bits per heavy atom. The van der Waals surface area contributed by atoms with Crippen LogP contribution in [0.5, 0.6) is 11.5 Å². The van der Waals surface area contributed by atoms with Crippen molar-refractivity contribution in [2.24, 2.45) is 5.10 Å². The molecule has 4 aromatic rings. The molecule has 1 heterocycles. The van der Waals surface area contributed by atoms with E-state index in [9.17, 15) is 9.59 Å². The van der Waals surface area contributed by atoms with Crippen molar-refractivity contribution >= 4 is 28.9 Å². The van der Waals surface area contributed by atoms with Crippen LogP contribution < -0.4 is 14.9 Å². The Morgan fingerprint density at radius 2 is 1.84 bits per heavy atom. The van der Waals surface area contributed by atoms with E-state index in [1.165, 1.54) is 13.3 Å². The molecule has 0 fully saturated rings. The second-order valence-electron chi connectivity index (χ2n) is 6.96. The van der Waals surface area contributed by atoms with Gasteiger partial charge in [0.15, 0.2) is 17.2 Å². The van der Waals surface area contributed by atoms with Gasteiger partial charge in [-0.3, -0.25) is 9.89 Å². The SMILES string of the molecule is COc1cc(/C=N/NC(=O)c2cc(C)[nH]n2)ccc1OC(=O)c1cccc2ccccc12. The van der Waals surface area contributed by atoms with Crippen molar-refractivity contribution in [2.45, 2.75) is 6.92 Å². The van der Waals surface area contributed by atoms with Crippen LogP contribution in [0.25, 0.3) is 10.8 Å². The number of carbonyl (C=O) groups is 2. The first kappa shape index (κ1) is 20.8. The molecule has 0 spiro atoms. The lowest BCUT2D eigenvalue weighted by Gasteiger charge is -2.11. The molecule has 0 radical (unpaired) electrons. The number of rotatable bonds is 6. The van der Waals surface area contributed by atoms with Gasteiger partial charge in [0.1, 0.15) is 0 Å². The molecular formula is C24H20N4O4. The summed E-state index contributed by atoms with van der Waals surface area (Å²) in [4.78, 5) is 24.8. The van der Waals surface area contributed by atoms with Gasteiger partial charge in [-0.25, -0.2) is 10.2 Å². The van der Waals surface area contributed by atoms with Crippen LogP contribution in [0.15, 0.2) is 71.8 Å². The summed E-state index contributed by atoms with van der Waals surface area (Å²) in [7, 11) is 1.48. The Labute approximate surface area is 183 Å². The molecule has 8 heteroatoms. The fourth-order valence-electron chi connectivity index (χ4n) is 3.16. The average Bonchev–Trinajstić information content (AvgIpc) is 3.25. The Hall–Kier alpha value is -4.46. The number of hydrogen-bond acceptors (Lipinski definition) is 6. The fraction of sp³-hybridized carbons (Fsp3) is 0.0833. The number of ether oxygens (including phenoxy) is 2. The molecule has 0 aliphatic rings. The highest BCUT2D eigenvalue weighted by atomic mass is 16.6. The Morgan fingerprint density at radius 3 is 2.62 bits per heavy atom. The molecule has 160 valence electrons. The van der Waals surface area contributed by atoms with E-state index < -0.39 is 11.9 Å². The van der Waals surface area contributed by atoms with Crippen molar-refractivity contribution < 1.29 is 19.1 Å². The largest absolute Gasteiger partial charge is 0.493 e. The molecule has 0 aliphatic carbocycles. The molecule has 4 rings (SSSR count). The van der Waals surface area contributed by atoms with Crippen molar-refractivity contribution in [3.63, 3.8) is 0 Å². The predicted octanol–water partition coefficient (Wildman–Crippen LogP) is 3.86. The quantitative estimate of drug-likeness (QED) is 0.210. The van der Waals surface area contributed by atoms with Gasteiger partial charge in [-0.05, 0) is 53.6 Å². The van der Waals surface area contributed by atoms with Crippen molar-refractivity contribution in [2.75, 3.05) is 7.11 Å². The summed E-state index contributed by atoms with van der Waals surface area (Å²) in [5, 5.41) is 12.3. The van der Waals surface area contributed by atoms with Crippen LogP contribution in [-0.4, -0.2) is 35.4 Å². The van der Waals surface area contributed by atoms with E-state index in [4.69, 9.17) is 9.47 Å². The monoisotopic (exact) mass is 428 g/mol. The third-order valence-corrected chi connectivity index (χ3v) is 4.72. The van der Waals surface area contributed by atoms with Gasteiger partial charge in [-0.1, -0.05) is 36.4 Å². The molecule has 0 bridgehead atoms. The van der Waals surface area contributed by atoms with Gasteiger partial charge in [-0.15, -0.1) is 0 Å². The van der Waals surface area contributed by atoms with Crippen molar-refractivity contribution in [3.05, 3.63) is 89.2 Å². The average molecular weight is 428 g/mol. The second kappa shape index (κ2) is 9.13. The molecule has 2 N–H and O–H groups in total. The predicted molar refractivity (Wildman–Crippen MR) is 120 cm³/mol. The summed E-state index contributed by atoms with van der Waals surface area (Å²) in [5.41, 5.74) is 4.53. The minimum absolute atomic E-state index is 0.243. The maximum absolute atomic E-state index is 12.8. The number of aryl methyl sites for hydroxylation is 1. The summed E-state index contributed by atoms with van der Waals surface area (Å²) in [6.07, 6.45) is 1.45. The first-order chi connectivity index (χ1) is 15.5. The summed E-state index contributed by atoms with van der Waals surface area (Å²) in [6.45, 7) is 1.80. The summed E-state index contributed by atoms with van der Waals surface area (Å²) < 4.78 is 11.0. The first-order valence-electron chi connectivity index (χ1n) is 9.78. The zero-order chi connectivity index (χ0) is 22.5. The van der Waals surface area contributed by atoms with Gasteiger partial charge in [0.05, 0.1) is 18.9 Å². The van der Waals surface area contributed by atoms with Crippen LogP contribution in [-0.2, 0) is 0 Å². The molecule has 0 saturated carbocycles. The van der Waals surface area contributed by atoms with Gasteiger partial charge in [0.25, 0.3) is 5.91 Å². The number of amides is 1. The van der Waals surface area contributed by atoms with Gasteiger partial charge in [-0.2, -0.15) is 10.2 Å². The lowest BCUT2D eigenvalue weighted by atomic mass is 10.0. The molecule has 3 aromatic carbocycles. The molecule has 32 heavy (non-hydrogen) atoms. The van der Waals surface area contributed by atoms with E-state index in [1.807, 2.05) is 36.4 Å². The maximum atomic E-state index is 12.8. The summed E-state index contributed by atoms with van der Waals surface area (Å²) >= 11 is 0. The van der Waals surface area contributed by atoms with Gasteiger partial charge < -0.3 is 9.47 Å². The molecule has 1 amide bonds. The van der Waals surface area contributed by atoms with Crippen LogP contribution in [0.3, 0.4) is 0 Å². The van der Waals surface area contributed by atoms with Crippen molar-refractivity contribution in [1.82, 2.24) is 15.6 Å². The third kappa shape index (κ3) is 4.49. The topological polar surface area (TPSA) is 106 Å². The van der Waals surface area contributed by atoms with Crippen molar-refractivity contribution in [3.8, 4) is 11.5 Å². The van der Waals surface area contributed by atoms with Crippen molar-refractivity contribution in [1.29, 1.82) is 0 Å². The highest BCUT2D eigenvalue weighted by Gasteiger charge is 2.15. The maximum Gasteiger partial charge on any atom is 0.344 e. The van der Waals surface area contributed by atoms with E-state index in [1.54, 1.807) is 37.3 Å². The normalized spacial score (nSPS) is 10.9. The number of H-pyrrole nitrogens is 1. The number of nitrogens with zero attached hydrogens (tertiary/aromatic N) is 2. The zero-order valence-corrected chi connectivity index (χ0v) is 17.5. The minimum Gasteiger partial charge on any atom is -0.493 e. The number of nitrogens with one attached hydrogen (secondary N) is 2. The van der Waals surface area contributed by atoms with E-state index in [0.29, 0.717) is 16.9 Å². The number of aromatic nitrogens is 2. The fourth-order valence-corrected chi connectivity index (χ4v) is 3.16. The summed E-state index contributed by atoms with van der Waals surface area (Å²) in [5.74, 6) is -0.281. The number of methoxy groups -OCH3 is 1. The minimum atomic E-state index is -0.483. The molecule has 0 aliphatic heterocycles. The molecule has 1 aromatic heterocycles. The third-order valence-electron chi connectivity index (χ3n) is 4.72. The Kier molecular flexibility index (Phi) is 5.94. The number of hydrazone groups is 1. The van der Waals surface area contributed by atoms with E-state index in [2.05, 4.69) is 20.7 Å². The summed E-state index contributed by atoms with van der Waals surface area (Å²) in [6, 6.07) is 19.7. The smallest absolute Gasteiger partial charge is 0.344 e. The molecule has 0 unspecified atom stereocenters. The highest BCUT2D eigenvalue weighted by molar-refractivity contribution is 6.05. The van der Waals surface area contributed by atoms with E-state index in [0.717, 1.165) is 16.5 Å². The standard InChI is InChI=1S/C24H20N4O4/c1-15-12-20(27-26-15)23(29)28-25-14-16-10-11-21(22(13-16)31-2)32-24(30)19-9-5-7-17-6-3-4-8-18(17)19/h3-14H,1-2H3,(H,26,27)(H,28,29)/b25-14+. The highest BCUT2D eigenvalue weighted by Crippen LogP contribution is 2.29. The Bertz CT molecular complexity index is 1320. The zero-order valence-electron chi connectivity index (χ0n) is 17.5. The number of fused-ring (bicyclic) bond motifs is 1. The Balaban J connectivity index is 1.48. The number of aromatic amines is 1. The molecule has 0 atom stereocenters.